The maximum atomic E-state index is 12.3. The molecule has 4 amide bonds. The van der Waals surface area contributed by atoms with Crippen LogP contribution in [0.5, 0.6) is 0 Å². The molecular weight excluding hydrogens is 692 g/mol. The van der Waals surface area contributed by atoms with Crippen LogP contribution in [0.2, 0.25) is 0 Å². The topological polar surface area (TPSA) is 344 Å². The number of nitrogens with zero attached hydrogens (tertiary/aromatic N) is 2. The van der Waals surface area contributed by atoms with Crippen LogP contribution in [0.4, 0.5) is 4.79 Å². The summed E-state index contributed by atoms with van der Waals surface area (Å²) in [5.74, 6) is -6.90. The van der Waals surface area contributed by atoms with E-state index in [0.29, 0.717) is 63.6 Å². The number of aliphatic carboxylic acids is 5. The third-order valence-electron chi connectivity index (χ3n) is 7.80. The number of amides is 4. The smallest absolute Gasteiger partial charge is 0.326 e. The molecule has 1 aromatic heterocycles. The molecule has 1 aromatic rings. The Morgan fingerprint density at radius 1 is 0.654 bits per heavy atom. The fourth-order valence-electron chi connectivity index (χ4n) is 4.90. The average Bonchev–Trinajstić information content (AvgIpc) is 3.51. The molecule has 4 unspecified atom stereocenters. The van der Waals surface area contributed by atoms with Gasteiger partial charge in [0, 0.05) is 32.2 Å². The number of urea groups is 1. The van der Waals surface area contributed by atoms with Crippen molar-refractivity contribution in [1.29, 1.82) is 0 Å². The first-order chi connectivity index (χ1) is 24.6. The van der Waals surface area contributed by atoms with Crippen LogP contribution < -0.4 is 31.7 Å². The van der Waals surface area contributed by atoms with Crippen molar-refractivity contribution < 1.29 is 68.6 Å². The number of hydrogen-bond donors (Lipinski definition) is 11. The molecule has 0 saturated heterocycles. The van der Waals surface area contributed by atoms with Crippen LogP contribution in [-0.2, 0) is 46.5 Å². The molecule has 0 saturated carbocycles. The van der Waals surface area contributed by atoms with Crippen LogP contribution in [-0.4, -0.2) is 114 Å². The van der Waals surface area contributed by atoms with Gasteiger partial charge < -0.3 is 52.5 Å². The highest BCUT2D eigenvalue weighted by Gasteiger charge is 2.25. The van der Waals surface area contributed by atoms with E-state index < -0.39 is 66.5 Å². The number of aromatic amines is 1. The number of carboxylic acid groups (broad SMARTS) is 5. The lowest BCUT2D eigenvalue weighted by atomic mass is 10.1. The van der Waals surface area contributed by atoms with Gasteiger partial charge in [-0.05, 0) is 57.8 Å². The largest absolute Gasteiger partial charge is 0.481 e. The second-order valence-electron chi connectivity index (χ2n) is 12.2. The third-order valence-corrected chi connectivity index (χ3v) is 7.80. The van der Waals surface area contributed by atoms with Crippen molar-refractivity contribution in [2.45, 2.75) is 127 Å². The van der Waals surface area contributed by atoms with Gasteiger partial charge in [-0.3, -0.25) is 19.2 Å². The highest BCUT2D eigenvalue weighted by molar-refractivity contribution is 5.86. The molecular formula is C31H51N8O13+. The molecule has 1 rings (SSSR count). The number of hydrogen-bond acceptors (Lipinski definition) is 10. The minimum absolute atomic E-state index is 0.00704. The van der Waals surface area contributed by atoms with Gasteiger partial charge in [0.1, 0.15) is 30.7 Å². The fourth-order valence-corrected chi connectivity index (χ4v) is 4.90. The Bertz CT molecular complexity index is 1360. The fraction of sp³-hybridized carbons (Fsp3) is 0.677. The molecule has 52 heavy (non-hydrogen) atoms. The molecule has 21 heteroatoms. The van der Waals surface area contributed by atoms with Crippen molar-refractivity contribution in [3.8, 4) is 0 Å². The molecule has 0 fully saturated rings. The number of rotatable bonds is 29. The van der Waals surface area contributed by atoms with Gasteiger partial charge in [0.25, 0.3) is 0 Å². The zero-order chi connectivity index (χ0) is 39.1. The summed E-state index contributed by atoms with van der Waals surface area (Å²) in [6, 6.07) is -5.98. The summed E-state index contributed by atoms with van der Waals surface area (Å²) in [5.41, 5.74) is 6.07. The molecule has 0 spiro atoms. The Hall–Kier alpha value is -5.34. The summed E-state index contributed by atoms with van der Waals surface area (Å²) in [6.07, 6.45) is 5.68. The molecule has 12 N–H and O–H groups in total. The van der Waals surface area contributed by atoms with Gasteiger partial charge in [0.2, 0.25) is 11.8 Å². The highest BCUT2D eigenvalue weighted by atomic mass is 16.4. The lowest BCUT2D eigenvalue weighted by Crippen LogP contribution is -2.51. The summed E-state index contributed by atoms with van der Waals surface area (Å²) in [6.45, 7) is 0.731. The number of carbonyl (C=O) groups is 8. The van der Waals surface area contributed by atoms with Crippen LogP contribution in [0.25, 0.3) is 0 Å². The van der Waals surface area contributed by atoms with Gasteiger partial charge in [-0.25, -0.2) is 19.2 Å². The summed E-state index contributed by atoms with van der Waals surface area (Å²) < 4.78 is 1.57. The number of aryl methyl sites for hydroxylation is 1. The van der Waals surface area contributed by atoms with E-state index in [2.05, 4.69) is 31.6 Å². The van der Waals surface area contributed by atoms with Crippen molar-refractivity contribution in [3.63, 3.8) is 0 Å². The Kier molecular flexibility index (Phi) is 21.3. The number of nitrogens with one attached hydrogen (secondary N) is 5. The van der Waals surface area contributed by atoms with E-state index in [1.165, 1.54) is 0 Å². The second kappa shape index (κ2) is 24.7. The van der Waals surface area contributed by atoms with Crippen molar-refractivity contribution in [1.82, 2.24) is 31.6 Å². The Morgan fingerprint density at radius 3 is 1.75 bits per heavy atom. The molecule has 0 aromatic carbocycles. The predicted octanol–water partition coefficient (Wildman–Crippen LogP) is -0.911. The molecule has 0 bridgehead atoms. The number of carbonyl (C=O) groups excluding carboxylic acids is 3. The van der Waals surface area contributed by atoms with Crippen molar-refractivity contribution in [2.75, 3.05) is 6.54 Å². The Morgan fingerprint density at radius 2 is 1.19 bits per heavy atom. The summed E-state index contributed by atoms with van der Waals surface area (Å²) in [5, 5.41) is 61.8. The number of unbranched alkanes of at least 4 members (excludes halogenated alkanes) is 5. The van der Waals surface area contributed by atoms with E-state index in [4.69, 9.17) is 21.1 Å². The van der Waals surface area contributed by atoms with Crippen LogP contribution in [0.1, 0.15) is 95.6 Å². The summed E-state index contributed by atoms with van der Waals surface area (Å²) in [4.78, 5) is 92.4. The molecule has 0 radical (unpaired) electrons. The molecule has 1 heterocycles. The number of H-pyrrole nitrogens is 1. The molecule has 0 aliphatic rings. The normalized spacial score (nSPS) is 13.2. The third kappa shape index (κ3) is 20.4. The van der Waals surface area contributed by atoms with Gasteiger partial charge in [-0.1, -0.05) is 12.8 Å². The van der Waals surface area contributed by atoms with Crippen molar-refractivity contribution >= 4 is 47.7 Å². The zero-order valence-electron chi connectivity index (χ0n) is 28.9. The van der Waals surface area contributed by atoms with E-state index in [-0.39, 0.29) is 56.9 Å². The summed E-state index contributed by atoms with van der Waals surface area (Å²) >= 11 is 0. The van der Waals surface area contributed by atoms with E-state index in [0.717, 1.165) is 0 Å². The predicted molar refractivity (Wildman–Crippen MR) is 177 cm³/mol. The first-order valence-corrected chi connectivity index (χ1v) is 17.0. The molecule has 21 nitrogen and oxygen atoms in total. The first-order valence-electron chi connectivity index (χ1n) is 17.0. The van der Waals surface area contributed by atoms with Crippen molar-refractivity contribution in [2.24, 2.45) is 5.73 Å². The molecule has 292 valence electrons. The van der Waals surface area contributed by atoms with Crippen LogP contribution in [0.3, 0.4) is 0 Å². The SMILES string of the molecule is NC(Cc1c[n+](CCCCC(NC(=O)CCCCCCC(=O)NCCCCC(NC(=O)NC(CCC(=O)O)C(=O)O)C(=O)O)C(=O)O)n[nH]1)C(=O)O. The quantitative estimate of drug-likeness (QED) is 0.0349. The van der Waals surface area contributed by atoms with E-state index in [9.17, 15) is 48.6 Å². The monoisotopic (exact) mass is 743 g/mol. The minimum atomic E-state index is -1.50. The lowest BCUT2D eigenvalue weighted by molar-refractivity contribution is -0.754. The molecule has 4 atom stereocenters. The maximum Gasteiger partial charge on any atom is 0.326 e. The van der Waals surface area contributed by atoms with E-state index in [1.807, 2.05) is 0 Å². The Labute approximate surface area is 299 Å². The number of nitrogens with two attached hydrogens (primary N) is 1. The first kappa shape index (κ1) is 44.7. The highest BCUT2D eigenvalue weighted by Crippen LogP contribution is 2.08. The van der Waals surface area contributed by atoms with Gasteiger partial charge in [0.05, 0.1) is 5.21 Å². The number of carboxylic acids is 5. The summed E-state index contributed by atoms with van der Waals surface area (Å²) in [7, 11) is 0. The maximum absolute atomic E-state index is 12.3. The van der Waals surface area contributed by atoms with Gasteiger partial charge >= 0.3 is 35.9 Å². The lowest BCUT2D eigenvalue weighted by Gasteiger charge is -2.18. The van der Waals surface area contributed by atoms with E-state index >= 15 is 0 Å². The zero-order valence-corrected chi connectivity index (χ0v) is 28.9. The second-order valence-corrected chi connectivity index (χ2v) is 12.2. The number of aromatic nitrogens is 3. The van der Waals surface area contributed by atoms with E-state index in [1.54, 1.807) is 10.9 Å². The molecule has 0 aliphatic heterocycles. The standard InChI is InChI=1S/C31H50N8O13/c32-20(27(44)45)17-19-18-39(38-37-19)16-8-6-10-21(28(46)47)34-25(41)12-4-2-1-3-11-24(40)33-15-7-5-9-22(29(48)49)35-31(52)36-23(30(50)51)13-14-26(42)43/h18,20-23H,1-17,32H2,(H9,33,34,35,36,40,41,42,43,44,45,46,47,48,49,50,51,52)/p+1. The van der Waals surface area contributed by atoms with Gasteiger partial charge in [-0.2, -0.15) is 0 Å². The Balaban J connectivity index is 2.19. The minimum Gasteiger partial charge on any atom is -0.481 e. The van der Waals surface area contributed by atoms with Gasteiger partial charge in [-0.15, -0.1) is 9.78 Å². The van der Waals surface area contributed by atoms with Gasteiger partial charge in [0.15, 0.2) is 11.9 Å². The average molecular weight is 744 g/mol. The van der Waals surface area contributed by atoms with Crippen LogP contribution >= 0.6 is 0 Å². The molecule has 0 aliphatic carbocycles. The van der Waals surface area contributed by atoms with Crippen molar-refractivity contribution in [3.05, 3.63) is 11.9 Å². The van der Waals surface area contributed by atoms with Crippen LogP contribution in [0, 0.1) is 0 Å². The van der Waals surface area contributed by atoms with Crippen LogP contribution in [0.15, 0.2) is 6.20 Å².